The van der Waals surface area contributed by atoms with Gasteiger partial charge in [0.05, 0.1) is 10.5 Å². The van der Waals surface area contributed by atoms with Crippen LogP contribution in [0.3, 0.4) is 0 Å². The van der Waals surface area contributed by atoms with Crippen LogP contribution in [-0.4, -0.2) is 10.8 Å². The van der Waals surface area contributed by atoms with Crippen molar-refractivity contribution < 1.29 is 9.72 Å². The molecule has 0 unspecified atom stereocenters. The second-order valence-corrected chi connectivity index (χ2v) is 5.64. The van der Waals surface area contributed by atoms with Crippen LogP contribution >= 0.6 is 22.6 Å². The number of hydrogen-bond donors (Lipinski definition) is 1. The molecule has 0 bridgehead atoms. The van der Waals surface area contributed by atoms with Gasteiger partial charge < -0.3 is 5.32 Å². The Morgan fingerprint density at radius 1 is 1.24 bits per heavy atom. The molecule has 0 spiro atoms. The molecule has 0 aromatic heterocycles. The highest BCUT2D eigenvalue weighted by Gasteiger charge is 2.14. The number of nitrogens with one attached hydrogen (secondary N) is 1. The minimum atomic E-state index is -0.416. The molecule has 0 saturated carbocycles. The zero-order valence-corrected chi connectivity index (χ0v) is 13.5. The van der Waals surface area contributed by atoms with Crippen LogP contribution in [0.1, 0.15) is 21.5 Å². The molecule has 0 heterocycles. The summed E-state index contributed by atoms with van der Waals surface area (Å²) in [5.41, 5.74) is 1.98. The molecule has 5 nitrogen and oxygen atoms in total. The number of hydrogen-bond acceptors (Lipinski definition) is 3. The van der Waals surface area contributed by atoms with E-state index >= 15 is 0 Å². The summed E-state index contributed by atoms with van der Waals surface area (Å²) in [7, 11) is 0. The average molecular weight is 396 g/mol. The number of carbonyl (C=O) groups excluding carboxylic acids is 1. The normalized spacial score (nSPS) is 10.2. The summed E-state index contributed by atoms with van der Waals surface area (Å²) in [5, 5.41) is 13.7. The molecule has 2 rings (SSSR count). The van der Waals surface area contributed by atoms with E-state index in [1.165, 1.54) is 6.07 Å². The number of nitrogens with zero attached hydrogens (tertiary/aromatic N) is 1. The summed E-state index contributed by atoms with van der Waals surface area (Å²) in [6, 6.07) is 12.1. The summed E-state index contributed by atoms with van der Waals surface area (Å²) in [5.74, 6) is -0.189. The maximum absolute atomic E-state index is 12.1. The molecule has 2 aromatic carbocycles. The maximum atomic E-state index is 12.1. The number of amides is 1. The first-order valence-corrected chi connectivity index (χ1v) is 7.34. The molecule has 0 aliphatic rings. The third kappa shape index (κ3) is 3.57. The van der Waals surface area contributed by atoms with Crippen molar-refractivity contribution >= 4 is 34.2 Å². The molecular formula is C15H13IN2O3. The Morgan fingerprint density at radius 3 is 2.62 bits per heavy atom. The summed E-state index contributed by atoms with van der Waals surface area (Å²) >= 11 is 2.10. The standard InChI is InChI=1S/C15H13IN2O3/c1-10-11(5-4-8-14(10)18(20)21)9-17-15(19)12-6-2-3-7-13(12)16/h2-8H,9H2,1H3,(H,17,19). The SMILES string of the molecule is Cc1c(CNC(=O)c2ccccc2I)cccc1[N+](=O)[O-]. The zero-order chi connectivity index (χ0) is 15.4. The molecule has 0 atom stereocenters. The minimum Gasteiger partial charge on any atom is -0.348 e. The molecule has 0 aliphatic heterocycles. The van der Waals surface area contributed by atoms with Gasteiger partial charge in [-0.1, -0.05) is 24.3 Å². The van der Waals surface area contributed by atoms with Gasteiger partial charge in [-0.15, -0.1) is 0 Å². The first-order valence-electron chi connectivity index (χ1n) is 6.26. The van der Waals surface area contributed by atoms with Gasteiger partial charge >= 0.3 is 0 Å². The Labute approximate surface area is 135 Å². The molecule has 21 heavy (non-hydrogen) atoms. The third-order valence-corrected chi connectivity index (χ3v) is 4.11. The predicted octanol–water partition coefficient (Wildman–Crippen LogP) is 3.44. The Balaban J connectivity index is 2.14. The molecule has 0 fully saturated rings. The highest BCUT2D eigenvalue weighted by atomic mass is 127. The van der Waals surface area contributed by atoms with E-state index in [0.29, 0.717) is 11.1 Å². The second-order valence-electron chi connectivity index (χ2n) is 4.48. The number of benzene rings is 2. The third-order valence-electron chi connectivity index (χ3n) is 3.17. The number of nitro groups is 1. The highest BCUT2D eigenvalue weighted by molar-refractivity contribution is 14.1. The van der Waals surface area contributed by atoms with Crippen molar-refractivity contribution in [3.05, 3.63) is 72.8 Å². The molecule has 108 valence electrons. The second kappa shape index (κ2) is 6.66. The number of nitro benzene ring substituents is 1. The molecule has 1 N–H and O–H groups in total. The summed E-state index contributed by atoms with van der Waals surface area (Å²) in [4.78, 5) is 22.6. The van der Waals surface area contributed by atoms with Gasteiger partial charge in [-0.25, -0.2) is 0 Å². The lowest BCUT2D eigenvalue weighted by atomic mass is 10.1. The van der Waals surface area contributed by atoms with E-state index in [-0.39, 0.29) is 18.1 Å². The van der Waals surface area contributed by atoms with E-state index in [1.807, 2.05) is 12.1 Å². The van der Waals surface area contributed by atoms with Crippen LogP contribution in [0, 0.1) is 20.6 Å². The summed E-state index contributed by atoms with van der Waals surface area (Å²) in [6.07, 6.45) is 0. The van der Waals surface area contributed by atoms with Gasteiger partial charge in [-0.3, -0.25) is 14.9 Å². The van der Waals surface area contributed by atoms with Crippen molar-refractivity contribution in [2.45, 2.75) is 13.5 Å². The molecule has 0 radical (unpaired) electrons. The molecule has 0 saturated heterocycles. The number of carbonyl (C=O) groups is 1. The van der Waals surface area contributed by atoms with Crippen molar-refractivity contribution in [1.29, 1.82) is 0 Å². The van der Waals surface area contributed by atoms with Crippen LogP contribution in [0.4, 0.5) is 5.69 Å². The highest BCUT2D eigenvalue weighted by Crippen LogP contribution is 2.21. The van der Waals surface area contributed by atoms with Crippen LogP contribution in [0.15, 0.2) is 42.5 Å². The smallest absolute Gasteiger partial charge is 0.272 e. The van der Waals surface area contributed by atoms with Crippen molar-refractivity contribution in [3.63, 3.8) is 0 Å². The largest absolute Gasteiger partial charge is 0.348 e. The van der Waals surface area contributed by atoms with Gasteiger partial charge in [0.15, 0.2) is 0 Å². The quantitative estimate of drug-likeness (QED) is 0.489. The fraction of sp³-hybridized carbons (Fsp3) is 0.133. The number of halogens is 1. The molecular weight excluding hydrogens is 383 g/mol. The van der Waals surface area contributed by atoms with E-state index in [0.717, 1.165) is 9.13 Å². The summed E-state index contributed by atoms with van der Waals surface area (Å²) < 4.78 is 0.864. The Bertz CT molecular complexity index is 701. The first kappa shape index (κ1) is 15.4. The number of rotatable bonds is 4. The average Bonchev–Trinajstić information content (AvgIpc) is 2.46. The minimum absolute atomic E-state index is 0.0658. The van der Waals surface area contributed by atoms with E-state index < -0.39 is 4.92 Å². The Kier molecular flexibility index (Phi) is 4.89. The fourth-order valence-corrected chi connectivity index (χ4v) is 2.61. The maximum Gasteiger partial charge on any atom is 0.272 e. The lowest BCUT2D eigenvalue weighted by Crippen LogP contribution is -2.24. The van der Waals surface area contributed by atoms with Crippen LogP contribution < -0.4 is 5.32 Å². The van der Waals surface area contributed by atoms with Crippen LogP contribution in [-0.2, 0) is 6.54 Å². The van der Waals surface area contributed by atoms with Gasteiger partial charge in [0.25, 0.3) is 11.6 Å². The van der Waals surface area contributed by atoms with Gasteiger partial charge in [0.1, 0.15) is 0 Å². The summed E-state index contributed by atoms with van der Waals surface area (Å²) in [6.45, 7) is 1.95. The zero-order valence-electron chi connectivity index (χ0n) is 11.3. The van der Waals surface area contributed by atoms with Crippen molar-refractivity contribution in [1.82, 2.24) is 5.32 Å². The van der Waals surface area contributed by atoms with Crippen molar-refractivity contribution in [2.75, 3.05) is 0 Å². The van der Waals surface area contributed by atoms with E-state index in [2.05, 4.69) is 27.9 Å². The Hall–Kier alpha value is -1.96. The van der Waals surface area contributed by atoms with Crippen LogP contribution in [0.25, 0.3) is 0 Å². The lowest BCUT2D eigenvalue weighted by molar-refractivity contribution is -0.385. The predicted molar refractivity (Wildman–Crippen MR) is 88.2 cm³/mol. The first-order chi connectivity index (χ1) is 10.0. The monoisotopic (exact) mass is 396 g/mol. The van der Waals surface area contributed by atoms with Gasteiger partial charge in [0.2, 0.25) is 0 Å². The molecule has 2 aromatic rings. The molecule has 0 aliphatic carbocycles. The van der Waals surface area contributed by atoms with E-state index in [1.54, 1.807) is 31.2 Å². The van der Waals surface area contributed by atoms with Gasteiger partial charge in [-0.05, 0) is 47.2 Å². The van der Waals surface area contributed by atoms with Crippen LogP contribution in [0.5, 0.6) is 0 Å². The fourth-order valence-electron chi connectivity index (χ4n) is 1.98. The molecule has 1 amide bonds. The van der Waals surface area contributed by atoms with E-state index in [9.17, 15) is 14.9 Å². The topological polar surface area (TPSA) is 72.2 Å². The van der Waals surface area contributed by atoms with Crippen molar-refractivity contribution in [3.8, 4) is 0 Å². The molecule has 6 heteroatoms. The van der Waals surface area contributed by atoms with Gasteiger partial charge in [-0.2, -0.15) is 0 Å². The lowest BCUT2D eigenvalue weighted by Gasteiger charge is -2.09. The van der Waals surface area contributed by atoms with Crippen LogP contribution in [0.2, 0.25) is 0 Å². The van der Waals surface area contributed by atoms with E-state index in [4.69, 9.17) is 0 Å². The Morgan fingerprint density at radius 2 is 1.95 bits per heavy atom. The van der Waals surface area contributed by atoms with Crippen molar-refractivity contribution in [2.24, 2.45) is 0 Å². The van der Waals surface area contributed by atoms with Gasteiger partial charge in [0, 0.05) is 21.7 Å².